The molecule has 1 saturated heterocycles. The number of carbonyl (C=O) groups excluding carboxylic acids is 1. The standard InChI is InChI=1S/C15H28N2O/c1-4-12(5-2)10-17-14(13-8-6-7-9-13)16-11(3)15(17)18/h11-14,16H,4-10H2,1-3H3. The monoisotopic (exact) mass is 252 g/mol. The Hall–Kier alpha value is -0.570. The second kappa shape index (κ2) is 6.05. The van der Waals surface area contributed by atoms with E-state index in [9.17, 15) is 4.79 Å². The lowest BCUT2D eigenvalue weighted by Crippen LogP contribution is -2.44. The van der Waals surface area contributed by atoms with Gasteiger partial charge in [-0.2, -0.15) is 0 Å². The predicted octanol–water partition coefficient (Wildman–Crippen LogP) is 2.76. The van der Waals surface area contributed by atoms with Crippen molar-refractivity contribution < 1.29 is 4.79 Å². The maximum absolute atomic E-state index is 12.3. The molecular formula is C15H28N2O. The molecule has 3 nitrogen and oxygen atoms in total. The number of rotatable bonds is 5. The molecule has 0 aromatic carbocycles. The van der Waals surface area contributed by atoms with Crippen molar-refractivity contribution >= 4 is 5.91 Å². The zero-order valence-corrected chi connectivity index (χ0v) is 12.1. The minimum absolute atomic E-state index is 0.0185. The first kappa shape index (κ1) is 13.9. The Kier molecular flexibility index (Phi) is 4.66. The lowest BCUT2D eigenvalue weighted by Gasteiger charge is -2.31. The SMILES string of the molecule is CCC(CC)CN1C(=O)C(C)NC1C1CCCC1. The van der Waals surface area contributed by atoms with Crippen molar-refractivity contribution in [1.82, 2.24) is 10.2 Å². The van der Waals surface area contributed by atoms with Gasteiger partial charge in [0.1, 0.15) is 0 Å². The Balaban J connectivity index is 2.04. The molecule has 0 aromatic rings. The topological polar surface area (TPSA) is 32.3 Å². The lowest BCUT2D eigenvalue weighted by molar-refractivity contribution is -0.131. The molecule has 2 fully saturated rings. The van der Waals surface area contributed by atoms with Crippen molar-refractivity contribution in [2.24, 2.45) is 11.8 Å². The number of hydrogen-bond acceptors (Lipinski definition) is 2. The predicted molar refractivity (Wildman–Crippen MR) is 74.1 cm³/mol. The number of amides is 1. The summed E-state index contributed by atoms with van der Waals surface area (Å²) >= 11 is 0. The van der Waals surface area contributed by atoms with Gasteiger partial charge >= 0.3 is 0 Å². The smallest absolute Gasteiger partial charge is 0.240 e. The second-order valence-electron chi connectivity index (χ2n) is 6.05. The molecule has 3 heteroatoms. The molecule has 1 heterocycles. The summed E-state index contributed by atoms with van der Waals surface area (Å²) in [6.45, 7) is 7.42. The minimum Gasteiger partial charge on any atom is -0.325 e. The van der Waals surface area contributed by atoms with Crippen molar-refractivity contribution in [1.29, 1.82) is 0 Å². The van der Waals surface area contributed by atoms with Crippen LogP contribution in [0.4, 0.5) is 0 Å². The van der Waals surface area contributed by atoms with Gasteiger partial charge in [-0.05, 0) is 31.6 Å². The maximum atomic E-state index is 12.3. The van der Waals surface area contributed by atoms with Crippen molar-refractivity contribution in [3.8, 4) is 0 Å². The van der Waals surface area contributed by atoms with Gasteiger partial charge in [-0.25, -0.2) is 0 Å². The summed E-state index contributed by atoms with van der Waals surface area (Å²) in [5, 5.41) is 3.53. The Bertz CT molecular complexity index is 282. The number of hydrogen-bond donors (Lipinski definition) is 1. The summed E-state index contributed by atoms with van der Waals surface area (Å²) in [6, 6.07) is 0.0185. The van der Waals surface area contributed by atoms with Gasteiger partial charge in [0.05, 0.1) is 12.2 Å². The molecule has 0 bridgehead atoms. The fourth-order valence-electron chi connectivity index (χ4n) is 3.50. The molecule has 0 spiro atoms. The summed E-state index contributed by atoms with van der Waals surface area (Å²) in [4.78, 5) is 14.5. The summed E-state index contributed by atoms with van der Waals surface area (Å²) in [6.07, 6.45) is 7.91. The van der Waals surface area contributed by atoms with Gasteiger partial charge in [-0.15, -0.1) is 0 Å². The summed E-state index contributed by atoms with van der Waals surface area (Å²) < 4.78 is 0. The van der Waals surface area contributed by atoms with Gasteiger partial charge in [-0.1, -0.05) is 39.5 Å². The molecule has 2 aliphatic rings. The molecule has 2 unspecified atom stereocenters. The average Bonchev–Trinajstić information content (AvgIpc) is 2.98. The molecule has 1 amide bonds. The molecule has 2 atom stereocenters. The lowest BCUT2D eigenvalue weighted by atomic mass is 10.00. The van der Waals surface area contributed by atoms with Crippen LogP contribution in [0.2, 0.25) is 0 Å². The van der Waals surface area contributed by atoms with Gasteiger partial charge in [0.15, 0.2) is 0 Å². The van der Waals surface area contributed by atoms with Gasteiger partial charge in [0.2, 0.25) is 5.91 Å². The fraction of sp³-hybridized carbons (Fsp3) is 0.933. The quantitative estimate of drug-likeness (QED) is 0.816. The highest BCUT2D eigenvalue weighted by Crippen LogP contribution is 2.32. The third-order valence-corrected chi connectivity index (χ3v) is 4.87. The molecule has 1 saturated carbocycles. The van der Waals surface area contributed by atoms with E-state index in [0.29, 0.717) is 23.9 Å². The third-order valence-electron chi connectivity index (χ3n) is 4.87. The molecule has 1 aliphatic heterocycles. The maximum Gasteiger partial charge on any atom is 0.240 e. The first-order valence-electron chi connectivity index (χ1n) is 7.73. The van der Waals surface area contributed by atoms with Crippen LogP contribution < -0.4 is 5.32 Å². The van der Waals surface area contributed by atoms with Crippen LogP contribution in [-0.2, 0) is 4.79 Å². The van der Waals surface area contributed by atoms with E-state index in [1.807, 2.05) is 6.92 Å². The number of nitrogens with zero attached hydrogens (tertiary/aromatic N) is 1. The molecule has 1 aliphatic carbocycles. The summed E-state index contributed by atoms with van der Waals surface area (Å²) in [5.74, 6) is 1.66. The van der Waals surface area contributed by atoms with Crippen LogP contribution in [0.1, 0.15) is 59.3 Å². The fourth-order valence-corrected chi connectivity index (χ4v) is 3.50. The van der Waals surface area contributed by atoms with Crippen molar-refractivity contribution in [3.05, 3.63) is 0 Å². The van der Waals surface area contributed by atoms with Crippen LogP contribution in [0.5, 0.6) is 0 Å². The Morgan fingerprint density at radius 3 is 2.44 bits per heavy atom. The number of carbonyl (C=O) groups is 1. The van der Waals surface area contributed by atoms with Crippen LogP contribution in [0, 0.1) is 11.8 Å². The third kappa shape index (κ3) is 2.71. The van der Waals surface area contributed by atoms with E-state index in [1.165, 1.54) is 38.5 Å². The summed E-state index contributed by atoms with van der Waals surface area (Å²) in [7, 11) is 0. The largest absolute Gasteiger partial charge is 0.325 e. The average molecular weight is 252 g/mol. The molecule has 2 rings (SSSR count). The van der Waals surface area contributed by atoms with Gasteiger partial charge < -0.3 is 4.90 Å². The van der Waals surface area contributed by atoms with E-state index in [-0.39, 0.29) is 6.04 Å². The van der Waals surface area contributed by atoms with Gasteiger partial charge in [-0.3, -0.25) is 10.1 Å². The normalized spacial score (nSPS) is 29.8. The van der Waals surface area contributed by atoms with Crippen LogP contribution in [0.25, 0.3) is 0 Å². The first-order valence-corrected chi connectivity index (χ1v) is 7.73. The zero-order valence-electron chi connectivity index (χ0n) is 12.1. The zero-order chi connectivity index (χ0) is 13.1. The van der Waals surface area contributed by atoms with E-state index in [1.54, 1.807) is 0 Å². The van der Waals surface area contributed by atoms with E-state index in [0.717, 1.165) is 6.54 Å². The van der Waals surface area contributed by atoms with E-state index in [2.05, 4.69) is 24.1 Å². The molecule has 18 heavy (non-hydrogen) atoms. The first-order chi connectivity index (χ1) is 8.67. The highest BCUT2D eigenvalue weighted by atomic mass is 16.2. The van der Waals surface area contributed by atoms with Crippen LogP contribution >= 0.6 is 0 Å². The second-order valence-corrected chi connectivity index (χ2v) is 6.05. The molecule has 1 N–H and O–H groups in total. The molecular weight excluding hydrogens is 224 g/mol. The van der Waals surface area contributed by atoms with Crippen molar-refractivity contribution in [3.63, 3.8) is 0 Å². The van der Waals surface area contributed by atoms with E-state index >= 15 is 0 Å². The van der Waals surface area contributed by atoms with Gasteiger partial charge in [0.25, 0.3) is 0 Å². The molecule has 104 valence electrons. The molecule has 0 radical (unpaired) electrons. The van der Waals surface area contributed by atoms with Crippen molar-refractivity contribution in [2.45, 2.75) is 71.5 Å². The molecule has 0 aromatic heterocycles. The van der Waals surface area contributed by atoms with Crippen LogP contribution in [0.15, 0.2) is 0 Å². The minimum atomic E-state index is 0.0185. The van der Waals surface area contributed by atoms with Gasteiger partial charge in [0, 0.05) is 6.54 Å². The number of nitrogens with one attached hydrogen (secondary N) is 1. The Labute approximate surface area is 111 Å². The van der Waals surface area contributed by atoms with Crippen LogP contribution in [0.3, 0.4) is 0 Å². The van der Waals surface area contributed by atoms with E-state index in [4.69, 9.17) is 0 Å². The highest BCUT2D eigenvalue weighted by Gasteiger charge is 2.41. The Morgan fingerprint density at radius 1 is 1.28 bits per heavy atom. The van der Waals surface area contributed by atoms with Crippen molar-refractivity contribution in [2.75, 3.05) is 6.54 Å². The highest BCUT2D eigenvalue weighted by molar-refractivity contribution is 5.84. The van der Waals surface area contributed by atoms with Crippen LogP contribution in [-0.4, -0.2) is 29.6 Å². The Morgan fingerprint density at radius 2 is 1.89 bits per heavy atom. The summed E-state index contributed by atoms with van der Waals surface area (Å²) in [5.41, 5.74) is 0. The van der Waals surface area contributed by atoms with E-state index < -0.39 is 0 Å².